The molecule has 0 saturated heterocycles. The lowest BCUT2D eigenvalue weighted by atomic mass is 10.2. The van der Waals surface area contributed by atoms with Crippen LogP contribution in [0.25, 0.3) is 10.9 Å². The zero-order valence-corrected chi connectivity index (χ0v) is 8.45. The molecule has 0 aliphatic rings. The summed E-state index contributed by atoms with van der Waals surface area (Å²) < 4.78 is 0. The lowest BCUT2D eigenvalue weighted by Gasteiger charge is -1.95. The number of allylic oxidation sites excluding steroid dienone is 1. The number of nitrogens with one attached hydrogen (secondary N) is 2. The molecule has 3 nitrogen and oxygen atoms in total. The van der Waals surface area contributed by atoms with Crippen LogP contribution >= 0.6 is 0 Å². The predicted octanol–water partition coefficient (Wildman–Crippen LogP) is 2.68. The number of carbonyl (C=O) groups excluding carboxylic acids is 1. The van der Waals surface area contributed by atoms with E-state index in [-0.39, 0.29) is 5.91 Å². The number of hydrogen-bond donors (Lipinski definition) is 2. The highest BCUT2D eigenvalue weighted by molar-refractivity contribution is 6.00. The van der Waals surface area contributed by atoms with E-state index in [4.69, 9.17) is 0 Å². The third-order valence-electron chi connectivity index (χ3n) is 2.11. The molecule has 0 fully saturated rings. The minimum atomic E-state index is -0.121. The molecule has 2 N–H and O–H groups in total. The van der Waals surface area contributed by atoms with Crippen LogP contribution in [0.1, 0.15) is 6.92 Å². The Labute approximate surface area is 87.8 Å². The van der Waals surface area contributed by atoms with Crippen LogP contribution in [0.5, 0.6) is 0 Å². The molecule has 2 aromatic rings. The maximum Gasteiger partial charge on any atom is 0.249 e. The summed E-state index contributed by atoms with van der Waals surface area (Å²) in [7, 11) is 0. The normalized spacial score (nSPS) is 11.0. The van der Waals surface area contributed by atoms with Gasteiger partial charge in [-0.05, 0) is 25.1 Å². The Morgan fingerprint density at radius 2 is 2.20 bits per heavy atom. The highest BCUT2D eigenvalue weighted by Gasteiger charge is 2.01. The molecule has 0 spiro atoms. The first-order valence-corrected chi connectivity index (χ1v) is 4.81. The van der Waals surface area contributed by atoms with Crippen LogP contribution in [0.3, 0.4) is 0 Å². The van der Waals surface area contributed by atoms with Crippen LogP contribution in [-0.2, 0) is 4.79 Å². The number of para-hydroxylation sites is 1. The second-order valence-electron chi connectivity index (χ2n) is 3.26. The van der Waals surface area contributed by atoms with Gasteiger partial charge in [0, 0.05) is 10.9 Å². The van der Waals surface area contributed by atoms with Gasteiger partial charge in [0.25, 0.3) is 0 Å². The molecular formula is C12H12N2O. The predicted molar refractivity (Wildman–Crippen MR) is 61.7 cm³/mol. The Morgan fingerprint density at radius 3 is 2.93 bits per heavy atom. The third-order valence-corrected chi connectivity index (χ3v) is 2.11. The first-order chi connectivity index (χ1) is 7.29. The van der Waals surface area contributed by atoms with Crippen molar-refractivity contribution in [1.82, 2.24) is 4.98 Å². The summed E-state index contributed by atoms with van der Waals surface area (Å²) in [6.07, 6.45) is 3.20. The zero-order chi connectivity index (χ0) is 10.7. The van der Waals surface area contributed by atoms with Crippen LogP contribution in [0.2, 0.25) is 0 Å². The van der Waals surface area contributed by atoms with Gasteiger partial charge in [0.2, 0.25) is 5.91 Å². The number of benzene rings is 1. The summed E-state index contributed by atoms with van der Waals surface area (Å²) in [4.78, 5) is 14.4. The topological polar surface area (TPSA) is 44.9 Å². The van der Waals surface area contributed by atoms with Gasteiger partial charge in [-0.25, -0.2) is 0 Å². The molecule has 1 amide bonds. The van der Waals surface area contributed by atoms with Gasteiger partial charge in [-0.1, -0.05) is 24.3 Å². The molecule has 0 aliphatic heterocycles. The van der Waals surface area contributed by atoms with Gasteiger partial charge in [0.05, 0.1) is 0 Å². The van der Waals surface area contributed by atoms with Crippen molar-refractivity contribution < 1.29 is 4.79 Å². The second kappa shape index (κ2) is 4.00. The minimum absolute atomic E-state index is 0.121. The fourth-order valence-corrected chi connectivity index (χ4v) is 1.47. The maximum atomic E-state index is 11.3. The van der Waals surface area contributed by atoms with Crippen molar-refractivity contribution >= 4 is 22.6 Å². The smallest absolute Gasteiger partial charge is 0.249 e. The highest BCUT2D eigenvalue weighted by Crippen LogP contribution is 2.17. The first kappa shape index (κ1) is 9.52. The van der Waals surface area contributed by atoms with Crippen LogP contribution in [0.15, 0.2) is 42.5 Å². The van der Waals surface area contributed by atoms with Crippen LogP contribution in [0, 0.1) is 0 Å². The molecule has 0 atom stereocenters. The second-order valence-corrected chi connectivity index (χ2v) is 3.26. The fraction of sp³-hybridized carbons (Fsp3) is 0.0833. The van der Waals surface area contributed by atoms with E-state index in [0.29, 0.717) is 0 Å². The summed E-state index contributed by atoms with van der Waals surface area (Å²) in [6.45, 7) is 1.81. The Hall–Kier alpha value is -2.03. The van der Waals surface area contributed by atoms with Gasteiger partial charge in [-0.3, -0.25) is 4.79 Å². The summed E-state index contributed by atoms with van der Waals surface area (Å²) in [5.74, 6) is 0.600. The monoisotopic (exact) mass is 200 g/mol. The number of aromatic amines is 1. The minimum Gasteiger partial charge on any atom is -0.341 e. The summed E-state index contributed by atoms with van der Waals surface area (Å²) in [6, 6.07) is 9.80. The molecule has 2 rings (SSSR count). The lowest BCUT2D eigenvalue weighted by Crippen LogP contribution is -2.07. The van der Waals surface area contributed by atoms with Crippen molar-refractivity contribution in [3.05, 3.63) is 42.5 Å². The Kier molecular flexibility index (Phi) is 2.54. The summed E-state index contributed by atoms with van der Waals surface area (Å²) in [5, 5.41) is 3.84. The van der Waals surface area contributed by atoms with E-state index in [2.05, 4.69) is 10.3 Å². The van der Waals surface area contributed by atoms with Gasteiger partial charge in [0.15, 0.2) is 0 Å². The van der Waals surface area contributed by atoms with Crippen LogP contribution < -0.4 is 5.32 Å². The highest BCUT2D eigenvalue weighted by atomic mass is 16.1. The number of H-pyrrole nitrogens is 1. The fourth-order valence-electron chi connectivity index (χ4n) is 1.47. The van der Waals surface area contributed by atoms with Gasteiger partial charge in [-0.2, -0.15) is 0 Å². The molecule has 1 aromatic heterocycles. The average Bonchev–Trinajstić information content (AvgIpc) is 2.59. The number of aromatic nitrogens is 1. The quantitative estimate of drug-likeness (QED) is 0.719. The van der Waals surface area contributed by atoms with Crippen LogP contribution in [0.4, 0.5) is 5.82 Å². The SMILES string of the molecule is CC=CC(=O)Nc1cc2ccccc2[nH]1. The average molecular weight is 200 g/mol. The van der Waals surface area contributed by atoms with Gasteiger partial charge in [0.1, 0.15) is 5.82 Å². The largest absolute Gasteiger partial charge is 0.341 e. The molecule has 0 unspecified atom stereocenters. The zero-order valence-electron chi connectivity index (χ0n) is 8.45. The molecule has 0 aliphatic carbocycles. The van der Waals surface area contributed by atoms with E-state index in [1.54, 1.807) is 6.08 Å². The number of anilines is 1. The van der Waals surface area contributed by atoms with Crippen molar-refractivity contribution in [2.24, 2.45) is 0 Å². The van der Waals surface area contributed by atoms with Crippen LogP contribution in [-0.4, -0.2) is 10.9 Å². The van der Waals surface area contributed by atoms with E-state index in [1.165, 1.54) is 6.08 Å². The molecular weight excluding hydrogens is 188 g/mol. The summed E-state index contributed by atoms with van der Waals surface area (Å²) >= 11 is 0. The van der Waals surface area contributed by atoms with Crippen molar-refractivity contribution in [2.45, 2.75) is 6.92 Å². The van der Waals surface area contributed by atoms with Gasteiger partial charge < -0.3 is 10.3 Å². The number of hydrogen-bond acceptors (Lipinski definition) is 1. The molecule has 76 valence electrons. The Bertz CT molecular complexity index is 478. The van der Waals surface area contributed by atoms with Crippen molar-refractivity contribution in [3.8, 4) is 0 Å². The lowest BCUT2D eigenvalue weighted by molar-refractivity contribution is -0.111. The number of amides is 1. The molecule has 3 heteroatoms. The molecule has 1 heterocycles. The van der Waals surface area contributed by atoms with Crippen molar-refractivity contribution in [3.63, 3.8) is 0 Å². The Morgan fingerprint density at radius 1 is 1.40 bits per heavy atom. The molecule has 0 radical (unpaired) electrons. The number of carbonyl (C=O) groups is 1. The van der Waals surface area contributed by atoms with E-state index >= 15 is 0 Å². The Balaban J connectivity index is 2.26. The standard InChI is InChI=1S/C12H12N2O/c1-2-5-12(15)14-11-8-9-6-3-4-7-10(9)13-11/h2-8,13H,1H3,(H,14,15). The molecule has 0 bridgehead atoms. The number of rotatable bonds is 2. The van der Waals surface area contributed by atoms with Crippen molar-refractivity contribution in [2.75, 3.05) is 5.32 Å². The van der Waals surface area contributed by atoms with Crippen molar-refractivity contribution in [1.29, 1.82) is 0 Å². The van der Waals surface area contributed by atoms with Gasteiger partial charge in [-0.15, -0.1) is 0 Å². The molecule has 15 heavy (non-hydrogen) atoms. The molecule has 0 saturated carbocycles. The first-order valence-electron chi connectivity index (χ1n) is 4.81. The van der Waals surface area contributed by atoms with Gasteiger partial charge >= 0.3 is 0 Å². The van der Waals surface area contributed by atoms with E-state index in [9.17, 15) is 4.79 Å². The van der Waals surface area contributed by atoms with E-state index in [1.807, 2.05) is 37.3 Å². The third kappa shape index (κ3) is 2.07. The summed E-state index contributed by atoms with van der Waals surface area (Å²) in [5.41, 5.74) is 1.02. The van der Waals surface area contributed by atoms with E-state index in [0.717, 1.165) is 16.7 Å². The number of fused-ring (bicyclic) bond motifs is 1. The molecule has 1 aromatic carbocycles. The van der Waals surface area contributed by atoms with E-state index < -0.39 is 0 Å². The maximum absolute atomic E-state index is 11.3.